The van der Waals surface area contributed by atoms with Gasteiger partial charge in [0.2, 0.25) is 10.9 Å². The topological polar surface area (TPSA) is 186 Å². The SMILES string of the molecule is Nc1nc(Cl)nc2c1ncn2[C@@H]1O[C@H](COC(Cc2ccc3ccccc3c2)(C(=O)O)C(O)O)[C@@H](O)[C@@H]1F. The number of nitrogens with zero attached hydrogens (tertiary/aromatic N) is 4. The first-order chi connectivity index (χ1) is 18.1. The number of carboxylic acid groups (broad SMARTS) is 1. The molecule has 1 aliphatic rings. The van der Waals surface area contributed by atoms with Gasteiger partial charge in [-0.15, -0.1) is 0 Å². The fourth-order valence-corrected chi connectivity index (χ4v) is 4.68. The number of alkyl halides is 1. The number of aliphatic hydroxyl groups is 3. The first-order valence-corrected chi connectivity index (χ1v) is 11.8. The second-order valence-electron chi connectivity index (χ2n) is 8.94. The van der Waals surface area contributed by atoms with E-state index in [9.17, 15) is 25.2 Å². The van der Waals surface area contributed by atoms with Crippen molar-refractivity contribution in [2.24, 2.45) is 0 Å². The quantitative estimate of drug-likeness (QED) is 0.158. The molecule has 1 aliphatic heterocycles. The van der Waals surface area contributed by atoms with Crippen LogP contribution in [0.1, 0.15) is 11.8 Å². The van der Waals surface area contributed by atoms with Crippen molar-refractivity contribution in [3.05, 3.63) is 59.6 Å². The minimum absolute atomic E-state index is 0.0375. The molecular weight excluding hydrogens is 525 g/mol. The Hall–Kier alpha value is -3.46. The van der Waals surface area contributed by atoms with Crippen molar-refractivity contribution in [3.8, 4) is 0 Å². The van der Waals surface area contributed by atoms with E-state index in [0.29, 0.717) is 5.56 Å². The summed E-state index contributed by atoms with van der Waals surface area (Å²) in [5.74, 6) is -1.70. The molecule has 1 fully saturated rings. The van der Waals surface area contributed by atoms with Gasteiger partial charge in [0.25, 0.3) is 0 Å². The third kappa shape index (κ3) is 4.53. The van der Waals surface area contributed by atoms with Crippen molar-refractivity contribution in [1.82, 2.24) is 19.5 Å². The van der Waals surface area contributed by atoms with Gasteiger partial charge in [-0.05, 0) is 27.9 Å². The normalized spacial score (nSPS) is 23.3. The Kier molecular flexibility index (Phi) is 6.90. The molecule has 1 unspecified atom stereocenters. The number of hydrogen-bond donors (Lipinski definition) is 5. The van der Waals surface area contributed by atoms with Crippen molar-refractivity contribution < 1.29 is 39.1 Å². The van der Waals surface area contributed by atoms with Crippen molar-refractivity contribution >= 4 is 45.3 Å². The monoisotopic (exact) mass is 547 g/mol. The Morgan fingerprint density at radius 3 is 2.68 bits per heavy atom. The minimum Gasteiger partial charge on any atom is -0.479 e. The second-order valence-corrected chi connectivity index (χ2v) is 9.28. The highest BCUT2D eigenvalue weighted by atomic mass is 35.5. The molecule has 0 aliphatic carbocycles. The van der Waals surface area contributed by atoms with Crippen molar-refractivity contribution in [2.45, 2.75) is 42.9 Å². The van der Waals surface area contributed by atoms with Crippen LogP contribution < -0.4 is 5.73 Å². The van der Waals surface area contributed by atoms with E-state index in [-0.39, 0.29) is 22.3 Å². The highest BCUT2D eigenvalue weighted by molar-refractivity contribution is 6.28. The number of aromatic nitrogens is 4. The fraction of sp³-hybridized carbons (Fsp3) is 0.333. The number of rotatable bonds is 8. The van der Waals surface area contributed by atoms with Crippen molar-refractivity contribution in [2.75, 3.05) is 12.3 Å². The standard InChI is InChI=1S/C24H23ClFN5O7/c25-23-29-18(27)16-19(30-23)31(10-28-16)20-15(26)17(32)14(38-20)9-37-24(21(33)34,22(35)36)8-11-5-6-12-3-1-2-4-13(12)7-11/h1-7,10,14-15,17,20-21,32-34H,8-9H2,(H,35,36)(H2,27,29,30)/t14-,15+,17-,20-,24?/m1/s1. The number of fused-ring (bicyclic) bond motifs is 2. The molecule has 5 rings (SSSR count). The molecule has 1 saturated heterocycles. The highest BCUT2D eigenvalue weighted by Gasteiger charge is 2.51. The molecule has 38 heavy (non-hydrogen) atoms. The molecule has 0 saturated carbocycles. The van der Waals surface area contributed by atoms with Crippen LogP contribution in [0.4, 0.5) is 10.2 Å². The van der Waals surface area contributed by atoms with Crippen LogP contribution in [-0.4, -0.2) is 82.8 Å². The predicted octanol–water partition coefficient (Wildman–Crippen LogP) is 1.20. The number of halogens is 2. The molecule has 0 spiro atoms. The van der Waals surface area contributed by atoms with E-state index >= 15 is 4.39 Å². The van der Waals surface area contributed by atoms with E-state index < -0.39 is 55.5 Å². The van der Waals surface area contributed by atoms with Crippen LogP contribution in [0.5, 0.6) is 0 Å². The smallest absolute Gasteiger partial charge is 0.341 e. The summed E-state index contributed by atoms with van der Waals surface area (Å²) in [5, 5.41) is 42.2. The number of ether oxygens (including phenoxy) is 2. The third-order valence-corrected chi connectivity index (χ3v) is 6.72. The molecule has 0 radical (unpaired) electrons. The zero-order valence-corrected chi connectivity index (χ0v) is 20.3. The Balaban J connectivity index is 1.38. The Labute approximate surface area is 219 Å². The van der Waals surface area contributed by atoms with Gasteiger partial charge >= 0.3 is 5.97 Å². The van der Waals surface area contributed by atoms with Crippen LogP contribution in [0.25, 0.3) is 21.9 Å². The molecule has 0 bridgehead atoms. The summed E-state index contributed by atoms with van der Waals surface area (Å²) in [7, 11) is 0. The minimum atomic E-state index is -2.54. The predicted molar refractivity (Wildman–Crippen MR) is 132 cm³/mol. The largest absolute Gasteiger partial charge is 0.479 e. The summed E-state index contributed by atoms with van der Waals surface area (Å²) in [6, 6.07) is 12.5. The molecule has 3 heterocycles. The number of carbonyl (C=O) groups is 1. The van der Waals surface area contributed by atoms with Crippen LogP contribution in [0, 0.1) is 0 Å². The first-order valence-electron chi connectivity index (χ1n) is 11.4. The summed E-state index contributed by atoms with van der Waals surface area (Å²) in [5.41, 5.74) is 3.90. The van der Waals surface area contributed by atoms with Crippen LogP contribution in [0.15, 0.2) is 48.8 Å². The van der Waals surface area contributed by atoms with Crippen LogP contribution in [-0.2, 0) is 20.7 Å². The van der Waals surface area contributed by atoms with Crippen LogP contribution in [0.3, 0.4) is 0 Å². The van der Waals surface area contributed by atoms with Gasteiger partial charge in [-0.1, -0.05) is 42.5 Å². The van der Waals surface area contributed by atoms with Crippen molar-refractivity contribution in [3.63, 3.8) is 0 Å². The number of aliphatic hydroxyl groups excluding tert-OH is 2. The fourth-order valence-electron chi connectivity index (χ4n) is 4.51. The Bertz CT molecular complexity index is 1500. The zero-order chi connectivity index (χ0) is 27.2. The molecule has 14 heteroatoms. The van der Waals surface area contributed by atoms with Gasteiger partial charge < -0.3 is 35.6 Å². The maximum absolute atomic E-state index is 15.2. The average Bonchev–Trinajstić information content (AvgIpc) is 3.42. The number of aliphatic carboxylic acids is 1. The van der Waals surface area contributed by atoms with E-state index in [4.69, 9.17) is 26.8 Å². The number of carboxylic acids is 1. The van der Waals surface area contributed by atoms with Crippen LogP contribution >= 0.6 is 11.6 Å². The lowest BCUT2D eigenvalue weighted by atomic mass is 9.92. The van der Waals surface area contributed by atoms with Gasteiger partial charge in [-0.3, -0.25) is 4.57 Å². The number of imidazole rings is 1. The molecule has 0 amide bonds. The lowest BCUT2D eigenvalue weighted by molar-refractivity contribution is -0.231. The summed E-state index contributed by atoms with van der Waals surface area (Å²) in [4.78, 5) is 24.1. The Morgan fingerprint density at radius 2 is 1.97 bits per heavy atom. The van der Waals surface area contributed by atoms with Gasteiger partial charge in [0.05, 0.1) is 12.9 Å². The van der Waals surface area contributed by atoms with Gasteiger partial charge in [0, 0.05) is 6.42 Å². The van der Waals surface area contributed by atoms with E-state index in [1.54, 1.807) is 18.2 Å². The number of hydrogen-bond acceptors (Lipinski definition) is 10. The van der Waals surface area contributed by atoms with Crippen molar-refractivity contribution in [1.29, 1.82) is 0 Å². The zero-order valence-electron chi connectivity index (χ0n) is 19.6. The molecule has 5 atom stereocenters. The summed E-state index contributed by atoms with van der Waals surface area (Å²) in [6.45, 7) is -0.680. The van der Waals surface area contributed by atoms with Crippen LogP contribution in [0.2, 0.25) is 5.28 Å². The average molecular weight is 548 g/mol. The van der Waals surface area contributed by atoms with Gasteiger partial charge in [0.1, 0.15) is 17.7 Å². The number of benzene rings is 2. The van der Waals surface area contributed by atoms with Gasteiger partial charge in [0.15, 0.2) is 30.2 Å². The molecule has 200 valence electrons. The van der Waals surface area contributed by atoms with E-state index in [0.717, 1.165) is 10.8 Å². The molecule has 12 nitrogen and oxygen atoms in total. The summed E-state index contributed by atoms with van der Waals surface area (Å²) < 4.78 is 27.5. The molecule has 4 aromatic rings. The number of anilines is 1. The number of nitrogens with two attached hydrogens (primary N) is 1. The van der Waals surface area contributed by atoms with Gasteiger partial charge in [-0.2, -0.15) is 9.97 Å². The molecule has 2 aromatic heterocycles. The third-order valence-electron chi connectivity index (χ3n) is 6.55. The second kappa shape index (κ2) is 10.0. The maximum Gasteiger partial charge on any atom is 0.341 e. The summed E-state index contributed by atoms with van der Waals surface area (Å²) >= 11 is 5.86. The van der Waals surface area contributed by atoms with E-state index in [1.165, 1.54) is 10.9 Å². The molecule has 6 N–H and O–H groups in total. The molecular formula is C24H23ClFN5O7. The van der Waals surface area contributed by atoms with Gasteiger partial charge in [-0.25, -0.2) is 14.2 Å². The lowest BCUT2D eigenvalue weighted by Gasteiger charge is -2.32. The summed E-state index contributed by atoms with van der Waals surface area (Å²) in [6.07, 6.45) is -8.27. The molecule has 2 aromatic carbocycles. The lowest BCUT2D eigenvalue weighted by Crippen LogP contribution is -2.55. The highest BCUT2D eigenvalue weighted by Crippen LogP contribution is 2.36. The van der Waals surface area contributed by atoms with E-state index in [2.05, 4.69) is 15.0 Å². The maximum atomic E-state index is 15.2. The Morgan fingerprint density at radius 1 is 1.24 bits per heavy atom. The number of nitrogen functional groups attached to an aromatic ring is 1. The van der Waals surface area contributed by atoms with E-state index in [1.807, 2.05) is 24.3 Å². The first kappa shape index (κ1) is 26.2.